The summed E-state index contributed by atoms with van der Waals surface area (Å²) < 4.78 is 8.37. The van der Waals surface area contributed by atoms with Gasteiger partial charge in [0.1, 0.15) is 5.75 Å². The van der Waals surface area contributed by atoms with Gasteiger partial charge in [-0.2, -0.15) is 5.10 Å². The molecule has 2 aromatic rings. The van der Waals surface area contributed by atoms with Crippen LogP contribution in [0.1, 0.15) is 11.3 Å². The van der Waals surface area contributed by atoms with Crippen molar-refractivity contribution in [1.82, 2.24) is 9.78 Å². The highest BCUT2D eigenvalue weighted by Gasteiger charge is 2.07. The summed E-state index contributed by atoms with van der Waals surface area (Å²) >= 11 is 3.47. The molecule has 0 saturated carbocycles. The molecule has 0 bridgehead atoms. The first kappa shape index (κ1) is 12.1. The number of rotatable bonds is 3. The minimum absolute atomic E-state index is 0.518. The first-order valence-electron chi connectivity index (χ1n) is 5.27. The van der Waals surface area contributed by atoms with E-state index in [-0.39, 0.29) is 0 Å². The number of aryl methyl sites for hydroxylation is 2. The second kappa shape index (κ2) is 4.89. The molecule has 0 aliphatic heterocycles. The third-order valence-electron chi connectivity index (χ3n) is 2.41. The molecular formula is C12H14BrN3O. The topological polar surface area (TPSA) is 53.1 Å². The second-order valence-electron chi connectivity index (χ2n) is 3.82. The summed E-state index contributed by atoms with van der Waals surface area (Å²) in [6.07, 6.45) is 0. The quantitative estimate of drug-likeness (QED) is 0.947. The molecule has 2 rings (SSSR count). The Balaban J connectivity index is 2.27. The van der Waals surface area contributed by atoms with Gasteiger partial charge in [0.15, 0.2) is 0 Å². The average molecular weight is 296 g/mol. The standard InChI is InChI=1S/C12H14BrN3O/c1-8-5-12(16(2)15-8)17-11-4-3-9(7-14)6-10(11)13/h3-6H,7,14H2,1-2H3. The Morgan fingerprint density at radius 3 is 2.71 bits per heavy atom. The number of halogens is 1. The molecule has 0 fully saturated rings. The van der Waals surface area contributed by atoms with Crippen LogP contribution in [0.15, 0.2) is 28.7 Å². The number of ether oxygens (including phenoxy) is 1. The summed E-state index contributed by atoms with van der Waals surface area (Å²) in [5.74, 6) is 1.47. The van der Waals surface area contributed by atoms with E-state index in [2.05, 4.69) is 21.0 Å². The highest BCUT2D eigenvalue weighted by atomic mass is 79.9. The Hall–Kier alpha value is -1.33. The third kappa shape index (κ3) is 2.68. The summed E-state index contributed by atoms with van der Waals surface area (Å²) in [5.41, 5.74) is 7.56. The molecule has 90 valence electrons. The van der Waals surface area contributed by atoms with Crippen LogP contribution in [0.25, 0.3) is 0 Å². The Labute approximate surface area is 109 Å². The highest BCUT2D eigenvalue weighted by molar-refractivity contribution is 9.10. The van der Waals surface area contributed by atoms with E-state index in [0.29, 0.717) is 12.4 Å². The van der Waals surface area contributed by atoms with Gasteiger partial charge in [0.25, 0.3) is 0 Å². The third-order valence-corrected chi connectivity index (χ3v) is 3.03. The summed E-state index contributed by atoms with van der Waals surface area (Å²) in [6.45, 7) is 2.45. The number of hydrogen-bond acceptors (Lipinski definition) is 3. The smallest absolute Gasteiger partial charge is 0.217 e. The maximum atomic E-state index is 5.77. The monoisotopic (exact) mass is 295 g/mol. The van der Waals surface area contributed by atoms with Crippen LogP contribution in [0.3, 0.4) is 0 Å². The van der Waals surface area contributed by atoms with Gasteiger partial charge in [-0.3, -0.25) is 0 Å². The van der Waals surface area contributed by atoms with E-state index in [9.17, 15) is 0 Å². The summed E-state index contributed by atoms with van der Waals surface area (Å²) in [6, 6.07) is 7.69. The maximum Gasteiger partial charge on any atom is 0.217 e. The Kier molecular flexibility index (Phi) is 3.49. The van der Waals surface area contributed by atoms with Crippen LogP contribution in [-0.4, -0.2) is 9.78 Å². The fourth-order valence-electron chi connectivity index (χ4n) is 1.55. The molecule has 0 unspecified atom stereocenters. The van der Waals surface area contributed by atoms with Gasteiger partial charge in [-0.25, -0.2) is 4.68 Å². The lowest BCUT2D eigenvalue weighted by Gasteiger charge is -2.08. The van der Waals surface area contributed by atoms with Crippen molar-refractivity contribution in [2.24, 2.45) is 12.8 Å². The van der Waals surface area contributed by atoms with Gasteiger partial charge < -0.3 is 10.5 Å². The largest absolute Gasteiger partial charge is 0.438 e. The average Bonchev–Trinajstić information content (AvgIpc) is 2.60. The van der Waals surface area contributed by atoms with E-state index < -0.39 is 0 Å². The number of hydrogen-bond donors (Lipinski definition) is 1. The van der Waals surface area contributed by atoms with E-state index in [0.717, 1.165) is 21.5 Å². The van der Waals surface area contributed by atoms with Gasteiger partial charge in [0, 0.05) is 19.7 Å². The van der Waals surface area contributed by atoms with Crippen LogP contribution in [0, 0.1) is 6.92 Å². The molecule has 0 atom stereocenters. The lowest BCUT2D eigenvalue weighted by molar-refractivity contribution is 0.428. The van der Waals surface area contributed by atoms with E-state index in [1.54, 1.807) is 4.68 Å². The fourth-order valence-corrected chi connectivity index (χ4v) is 2.06. The van der Waals surface area contributed by atoms with Crippen molar-refractivity contribution in [3.05, 3.63) is 40.0 Å². The fraction of sp³-hybridized carbons (Fsp3) is 0.250. The number of aromatic nitrogens is 2. The Bertz CT molecular complexity index is 537. The van der Waals surface area contributed by atoms with Crippen LogP contribution >= 0.6 is 15.9 Å². The first-order valence-corrected chi connectivity index (χ1v) is 6.06. The van der Waals surface area contributed by atoms with E-state index in [1.165, 1.54) is 0 Å². The molecule has 1 aromatic heterocycles. The SMILES string of the molecule is Cc1cc(Oc2ccc(CN)cc2Br)n(C)n1. The van der Waals surface area contributed by atoms with Crippen LogP contribution in [-0.2, 0) is 13.6 Å². The molecule has 0 spiro atoms. The van der Waals surface area contributed by atoms with Gasteiger partial charge >= 0.3 is 0 Å². The minimum atomic E-state index is 0.518. The van der Waals surface area contributed by atoms with Crippen molar-refractivity contribution in [3.8, 4) is 11.6 Å². The number of nitrogens with zero attached hydrogens (tertiary/aromatic N) is 2. The lowest BCUT2D eigenvalue weighted by atomic mass is 10.2. The molecule has 2 N–H and O–H groups in total. The zero-order valence-electron chi connectivity index (χ0n) is 9.77. The van der Waals surface area contributed by atoms with Crippen molar-refractivity contribution >= 4 is 15.9 Å². The van der Waals surface area contributed by atoms with Crippen LogP contribution in [0.2, 0.25) is 0 Å². The predicted octanol–water partition coefficient (Wildman–Crippen LogP) is 2.74. The van der Waals surface area contributed by atoms with Crippen molar-refractivity contribution in [2.45, 2.75) is 13.5 Å². The van der Waals surface area contributed by atoms with E-state index >= 15 is 0 Å². The van der Waals surface area contributed by atoms with Gasteiger partial charge in [-0.15, -0.1) is 0 Å². The summed E-state index contributed by atoms with van der Waals surface area (Å²) in [4.78, 5) is 0. The number of benzene rings is 1. The van der Waals surface area contributed by atoms with Crippen molar-refractivity contribution in [1.29, 1.82) is 0 Å². The van der Waals surface area contributed by atoms with Gasteiger partial charge in [-0.05, 0) is 40.5 Å². The molecule has 17 heavy (non-hydrogen) atoms. The van der Waals surface area contributed by atoms with Crippen molar-refractivity contribution in [2.75, 3.05) is 0 Å². The second-order valence-corrected chi connectivity index (χ2v) is 4.67. The zero-order chi connectivity index (χ0) is 12.4. The van der Waals surface area contributed by atoms with Crippen LogP contribution < -0.4 is 10.5 Å². The maximum absolute atomic E-state index is 5.77. The highest BCUT2D eigenvalue weighted by Crippen LogP contribution is 2.30. The van der Waals surface area contributed by atoms with Crippen LogP contribution in [0.5, 0.6) is 11.6 Å². The van der Waals surface area contributed by atoms with Gasteiger partial charge in [0.05, 0.1) is 10.2 Å². The Morgan fingerprint density at radius 1 is 1.41 bits per heavy atom. The van der Waals surface area contributed by atoms with Crippen LogP contribution in [0.4, 0.5) is 0 Å². The molecule has 0 aliphatic carbocycles. The minimum Gasteiger partial charge on any atom is -0.438 e. The molecule has 1 heterocycles. The summed E-state index contributed by atoms with van der Waals surface area (Å²) in [5, 5.41) is 4.23. The Morgan fingerprint density at radius 2 is 2.18 bits per heavy atom. The molecule has 1 aromatic carbocycles. The molecule has 5 heteroatoms. The zero-order valence-corrected chi connectivity index (χ0v) is 11.4. The molecule has 0 amide bonds. The lowest BCUT2D eigenvalue weighted by Crippen LogP contribution is -1.98. The van der Waals surface area contributed by atoms with E-state index in [1.807, 2.05) is 38.2 Å². The molecule has 4 nitrogen and oxygen atoms in total. The van der Waals surface area contributed by atoms with E-state index in [4.69, 9.17) is 10.5 Å². The first-order chi connectivity index (χ1) is 8.10. The molecule has 0 saturated heterocycles. The van der Waals surface area contributed by atoms with Crippen molar-refractivity contribution in [3.63, 3.8) is 0 Å². The normalized spacial score (nSPS) is 10.6. The summed E-state index contributed by atoms with van der Waals surface area (Å²) in [7, 11) is 1.85. The molecular weight excluding hydrogens is 282 g/mol. The molecule has 0 radical (unpaired) electrons. The van der Waals surface area contributed by atoms with Crippen molar-refractivity contribution < 1.29 is 4.74 Å². The predicted molar refractivity (Wildman–Crippen MR) is 70.1 cm³/mol. The number of nitrogens with two attached hydrogens (primary N) is 1. The molecule has 0 aliphatic rings. The van der Waals surface area contributed by atoms with Gasteiger partial charge in [0.2, 0.25) is 5.88 Å². The van der Waals surface area contributed by atoms with Gasteiger partial charge in [-0.1, -0.05) is 6.07 Å².